The molecule has 2 N–H and O–H groups in total. The van der Waals surface area contributed by atoms with E-state index in [9.17, 15) is 4.79 Å². The number of nitrogens with zero attached hydrogens (tertiary/aromatic N) is 3. The molecule has 7 heteroatoms. The van der Waals surface area contributed by atoms with Crippen LogP contribution in [-0.2, 0) is 0 Å². The van der Waals surface area contributed by atoms with Crippen LogP contribution >= 0.6 is 15.9 Å². The molecule has 1 aromatic heterocycles. The lowest BCUT2D eigenvalue weighted by molar-refractivity contribution is 0.0957. The number of carbonyl (C=O) groups excluding carboxylic acids is 1. The molecule has 1 aliphatic rings. The fourth-order valence-corrected chi connectivity index (χ4v) is 3.21. The van der Waals surface area contributed by atoms with Gasteiger partial charge >= 0.3 is 0 Å². The normalized spacial score (nSPS) is 17.1. The number of rotatable bonds is 4. The summed E-state index contributed by atoms with van der Waals surface area (Å²) in [5.74, 6) is 0.460. The summed E-state index contributed by atoms with van der Waals surface area (Å²) in [7, 11) is 1.57. The molecule has 0 bridgehead atoms. The largest absolute Gasteiger partial charge is 0.368 e. The Morgan fingerprint density at radius 1 is 1.26 bits per heavy atom. The highest BCUT2D eigenvalue weighted by molar-refractivity contribution is 9.10. The Labute approximate surface area is 143 Å². The molecule has 1 atom stereocenters. The predicted octanol–water partition coefficient (Wildman–Crippen LogP) is 2.29. The first-order chi connectivity index (χ1) is 11.2. The fourth-order valence-electron chi connectivity index (χ4n) is 2.67. The minimum Gasteiger partial charge on any atom is -0.368 e. The molecule has 2 heterocycles. The molecule has 0 saturated carbocycles. The molecule has 23 heavy (non-hydrogen) atoms. The topological polar surface area (TPSA) is 70.2 Å². The van der Waals surface area contributed by atoms with E-state index in [1.807, 2.05) is 12.1 Å². The maximum Gasteiger partial charge on any atom is 0.271 e. The van der Waals surface area contributed by atoms with Crippen molar-refractivity contribution >= 4 is 33.3 Å². The lowest BCUT2D eigenvalue weighted by Gasteiger charge is -2.20. The van der Waals surface area contributed by atoms with E-state index in [-0.39, 0.29) is 5.91 Å². The van der Waals surface area contributed by atoms with E-state index in [1.54, 1.807) is 19.2 Å². The lowest BCUT2D eigenvalue weighted by Crippen LogP contribution is -2.27. The van der Waals surface area contributed by atoms with Gasteiger partial charge in [-0.3, -0.25) is 4.79 Å². The Bertz CT molecular complexity index is 691. The van der Waals surface area contributed by atoms with Crippen LogP contribution < -0.4 is 15.5 Å². The van der Waals surface area contributed by atoms with E-state index in [4.69, 9.17) is 0 Å². The van der Waals surface area contributed by atoms with Gasteiger partial charge in [0.05, 0.1) is 5.69 Å². The van der Waals surface area contributed by atoms with Gasteiger partial charge in [0.1, 0.15) is 5.82 Å². The molecule has 1 amide bonds. The molecule has 0 spiro atoms. The third-order valence-electron chi connectivity index (χ3n) is 3.86. The first kappa shape index (κ1) is 15.7. The third-order valence-corrected chi connectivity index (χ3v) is 4.53. The fraction of sp³-hybridized carbons (Fsp3) is 0.312. The summed E-state index contributed by atoms with van der Waals surface area (Å²) in [6.45, 7) is 1.89. The van der Waals surface area contributed by atoms with Gasteiger partial charge in [0.25, 0.3) is 5.91 Å². The van der Waals surface area contributed by atoms with E-state index >= 15 is 0 Å². The summed E-state index contributed by atoms with van der Waals surface area (Å²) in [5, 5.41) is 13.9. The summed E-state index contributed by atoms with van der Waals surface area (Å²) in [5.41, 5.74) is 1.53. The highest BCUT2D eigenvalue weighted by Gasteiger charge is 2.24. The molecule has 1 aromatic carbocycles. The predicted molar refractivity (Wildman–Crippen MR) is 93.8 cm³/mol. The van der Waals surface area contributed by atoms with Crippen LogP contribution in [0.15, 0.2) is 40.9 Å². The number of hydrogen-bond acceptors (Lipinski definition) is 5. The number of halogens is 1. The maximum absolute atomic E-state index is 11.5. The first-order valence-electron chi connectivity index (χ1n) is 7.49. The molecule has 3 rings (SSSR count). The molecule has 1 aliphatic heterocycles. The molecular weight excluding hydrogens is 358 g/mol. The second-order valence-electron chi connectivity index (χ2n) is 5.41. The average Bonchev–Trinajstić information content (AvgIpc) is 3.03. The van der Waals surface area contributed by atoms with Crippen molar-refractivity contribution < 1.29 is 4.79 Å². The summed E-state index contributed by atoms with van der Waals surface area (Å²) in [6.07, 6.45) is 1.03. The minimum atomic E-state index is -0.231. The summed E-state index contributed by atoms with van der Waals surface area (Å²) in [4.78, 5) is 13.8. The summed E-state index contributed by atoms with van der Waals surface area (Å²) in [6, 6.07) is 12.0. The van der Waals surface area contributed by atoms with Crippen molar-refractivity contribution in [2.45, 2.75) is 12.5 Å². The monoisotopic (exact) mass is 375 g/mol. The zero-order valence-electron chi connectivity index (χ0n) is 12.8. The van der Waals surface area contributed by atoms with Gasteiger partial charge in [0.15, 0.2) is 5.69 Å². The van der Waals surface area contributed by atoms with Gasteiger partial charge in [-0.25, -0.2) is 0 Å². The number of para-hydroxylation sites is 1. The van der Waals surface area contributed by atoms with Crippen LogP contribution in [0.1, 0.15) is 16.9 Å². The Balaban J connectivity index is 1.62. The van der Waals surface area contributed by atoms with Crippen molar-refractivity contribution in [1.29, 1.82) is 0 Å². The third kappa shape index (κ3) is 3.61. The first-order valence-corrected chi connectivity index (χ1v) is 8.28. The van der Waals surface area contributed by atoms with Crippen molar-refractivity contribution in [3.8, 4) is 0 Å². The number of amides is 1. The Kier molecular flexibility index (Phi) is 4.76. The van der Waals surface area contributed by atoms with E-state index in [0.717, 1.165) is 24.0 Å². The quantitative estimate of drug-likeness (QED) is 0.857. The van der Waals surface area contributed by atoms with E-state index in [0.29, 0.717) is 17.6 Å². The lowest BCUT2D eigenvalue weighted by atomic mass is 10.2. The van der Waals surface area contributed by atoms with Gasteiger partial charge in [0, 0.05) is 30.7 Å². The van der Waals surface area contributed by atoms with Gasteiger partial charge < -0.3 is 15.5 Å². The number of benzene rings is 1. The summed E-state index contributed by atoms with van der Waals surface area (Å²) < 4.78 is 1.11. The summed E-state index contributed by atoms with van der Waals surface area (Å²) >= 11 is 3.60. The molecule has 0 aliphatic carbocycles. The van der Waals surface area contributed by atoms with Crippen LogP contribution in [0.4, 0.5) is 11.5 Å². The molecular formula is C16H18BrN5O. The van der Waals surface area contributed by atoms with Crippen LogP contribution in [0, 0.1) is 0 Å². The Morgan fingerprint density at radius 3 is 2.78 bits per heavy atom. The SMILES string of the molecule is CNC(=O)c1ccc(NC2CCN(c3ccccc3Br)C2)nn1. The minimum absolute atomic E-state index is 0.231. The van der Waals surface area contributed by atoms with Crippen molar-refractivity contribution in [2.24, 2.45) is 0 Å². The van der Waals surface area contributed by atoms with Crippen molar-refractivity contribution in [3.63, 3.8) is 0 Å². The van der Waals surface area contributed by atoms with Gasteiger partial charge in [-0.2, -0.15) is 0 Å². The molecule has 1 unspecified atom stereocenters. The van der Waals surface area contributed by atoms with E-state index in [1.165, 1.54) is 5.69 Å². The second-order valence-corrected chi connectivity index (χ2v) is 6.26. The molecule has 1 saturated heterocycles. The average molecular weight is 376 g/mol. The highest BCUT2D eigenvalue weighted by Crippen LogP contribution is 2.29. The van der Waals surface area contributed by atoms with E-state index in [2.05, 4.69) is 53.8 Å². The van der Waals surface area contributed by atoms with Gasteiger partial charge in [-0.15, -0.1) is 10.2 Å². The van der Waals surface area contributed by atoms with Crippen molar-refractivity contribution in [3.05, 3.63) is 46.6 Å². The standard InChI is InChI=1S/C16H18BrN5O/c1-18-16(23)13-6-7-15(21-20-13)19-11-8-9-22(10-11)14-5-3-2-4-12(14)17/h2-7,11H,8-10H2,1H3,(H,18,23)(H,19,21). The molecule has 6 nitrogen and oxygen atoms in total. The van der Waals surface area contributed by atoms with Gasteiger partial charge in [-0.1, -0.05) is 12.1 Å². The highest BCUT2D eigenvalue weighted by atomic mass is 79.9. The molecule has 1 fully saturated rings. The van der Waals surface area contributed by atoms with Crippen molar-refractivity contribution in [1.82, 2.24) is 15.5 Å². The zero-order chi connectivity index (χ0) is 16.2. The Hall–Kier alpha value is -2.15. The molecule has 2 aromatic rings. The van der Waals surface area contributed by atoms with Crippen LogP contribution in [-0.4, -0.2) is 42.3 Å². The number of anilines is 2. The molecule has 0 radical (unpaired) electrons. The van der Waals surface area contributed by atoms with Crippen molar-refractivity contribution in [2.75, 3.05) is 30.4 Å². The van der Waals surface area contributed by atoms with E-state index < -0.39 is 0 Å². The van der Waals surface area contributed by atoms with Crippen LogP contribution in [0.3, 0.4) is 0 Å². The number of carbonyl (C=O) groups is 1. The number of nitrogens with one attached hydrogen (secondary N) is 2. The van der Waals surface area contributed by atoms with Gasteiger partial charge in [-0.05, 0) is 46.6 Å². The van der Waals surface area contributed by atoms with Crippen LogP contribution in [0.5, 0.6) is 0 Å². The smallest absolute Gasteiger partial charge is 0.271 e. The van der Waals surface area contributed by atoms with Crippen LogP contribution in [0.2, 0.25) is 0 Å². The number of hydrogen-bond donors (Lipinski definition) is 2. The zero-order valence-corrected chi connectivity index (χ0v) is 14.4. The number of aromatic nitrogens is 2. The second kappa shape index (κ2) is 6.95. The molecule has 120 valence electrons. The maximum atomic E-state index is 11.5. The Morgan fingerprint density at radius 2 is 2.09 bits per heavy atom. The van der Waals surface area contributed by atoms with Crippen LogP contribution in [0.25, 0.3) is 0 Å². The van der Waals surface area contributed by atoms with Gasteiger partial charge in [0.2, 0.25) is 0 Å².